The maximum absolute atomic E-state index is 5.11. The Kier molecular flexibility index (Phi) is 5.43. The average Bonchev–Trinajstić information content (AvgIpc) is 2.70. The monoisotopic (exact) mass is 210 g/mol. The second-order valence-electron chi connectivity index (χ2n) is 4.23. The Hall–Kier alpha value is -0.800. The van der Waals surface area contributed by atoms with Gasteiger partial charge >= 0.3 is 0 Å². The molecule has 0 aliphatic rings. The van der Waals surface area contributed by atoms with Gasteiger partial charge in [-0.25, -0.2) is 0 Å². The number of rotatable bonds is 7. The summed E-state index contributed by atoms with van der Waals surface area (Å²) in [5.41, 5.74) is 1.30. The molecule has 0 bridgehead atoms. The summed E-state index contributed by atoms with van der Waals surface area (Å²) < 4.78 is 5.11. The maximum atomic E-state index is 5.11. The topological polar surface area (TPSA) is 37.0 Å². The van der Waals surface area contributed by atoms with Crippen molar-refractivity contribution in [1.29, 1.82) is 0 Å². The molecule has 3 heteroatoms. The van der Waals surface area contributed by atoms with E-state index in [1.165, 1.54) is 5.56 Å². The quantitative estimate of drug-likeness (QED) is 0.723. The Labute approximate surface area is 92.2 Å². The molecular formula is C12H22N2O. The van der Waals surface area contributed by atoms with Gasteiger partial charge in [0.2, 0.25) is 0 Å². The zero-order chi connectivity index (χ0) is 11.1. The van der Waals surface area contributed by atoms with Gasteiger partial charge in [-0.1, -0.05) is 13.8 Å². The van der Waals surface area contributed by atoms with E-state index in [-0.39, 0.29) is 0 Å². The van der Waals surface area contributed by atoms with Gasteiger partial charge in [0, 0.05) is 38.7 Å². The third-order valence-electron chi connectivity index (χ3n) is 2.67. The zero-order valence-corrected chi connectivity index (χ0v) is 9.92. The van der Waals surface area contributed by atoms with Gasteiger partial charge in [-0.2, -0.15) is 0 Å². The SMILES string of the molecule is COCCC(NCc1cc[nH]c1)C(C)C. The summed E-state index contributed by atoms with van der Waals surface area (Å²) in [5.74, 6) is 0.638. The highest BCUT2D eigenvalue weighted by molar-refractivity contribution is 5.07. The molecule has 86 valence electrons. The first-order chi connectivity index (χ1) is 7.24. The van der Waals surface area contributed by atoms with Crippen LogP contribution in [0.1, 0.15) is 25.8 Å². The smallest absolute Gasteiger partial charge is 0.0477 e. The number of aromatic amines is 1. The molecular weight excluding hydrogens is 188 g/mol. The Morgan fingerprint density at radius 2 is 2.27 bits per heavy atom. The van der Waals surface area contributed by atoms with Crippen molar-refractivity contribution in [2.24, 2.45) is 5.92 Å². The number of hydrogen-bond acceptors (Lipinski definition) is 2. The third kappa shape index (κ3) is 4.49. The van der Waals surface area contributed by atoms with Crippen molar-refractivity contribution in [3.05, 3.63) is 24.0 Å². The predicted molar refractivity (Wildman–Crippen MR) is 62.8 cm³/mol. The fourth-order valence-electron chi connectivity index (χ4n) is 1.63. The molecule has 1 aromatic rings. The molecule has 0 aromatic carbocycles. The highest BCUT2D eigenvalue weighted by atomic mass is 16.5. The van der Waals surface area contributed by atoms with Crippen LogP contribution in [0.15, 0.2) is 18.5 Å². The Balaban J connectivity index is 2.31. The molecule has 1 heterocycles. The first-order valence-electron chi connectivity index (χ1n) is 5.58. The van der Waals surface area contributed by atoms with Crippen LogP contribution in [0.25, 0.3) is 0 Å². The first kappa shape index (κ1) is 12.3. The summed E-state index contributed by atoms with van der Waals surface area (Å²) in [6, 6.07) is 2.63. The van der Waals surface area contributed by atoms with E-state index in [4.69, 9.17) is 4.74 Å². The van der Waals surface area contributed by atoms with Crippen molar-refractivity contribution in [3.8, 4) is 0 Å². The van der Waals surface area contributed by atoms with Crippen LogP contribution < -0.4 is 5.32 Å². The minimum absolute atomic E-state index is 0.528. The van der Waals surface area contributed by atoms with Gasteiger partial charge < -0.3 is 15.0 Å². The molecule has 1 atom stereocenters. The summed E-state index contributed by atoms with van der Waals surface area (Å²) in [6.07, 6.45) is 5.05. The lowest BCUT2D eigenvalue weighted by Gasteiger charge is -2.21. The number of ether oxygens (including phenoxy) is 1. The second-order valence-corrected chi connectivity index (χ2v) is 4.23. The van der Waals surface area contributed by atoms with Crippen LogP contribution in [-0.4, -0.2) is 24.7 Å². The third-order valence-corrected chi connectivity index (χ3v) is 2.67. The maximum Gasteiger partial charge on any atom is 0.0477 e. The molecule has 0 fully saturated rings. The fourth-order valence-corrected chi connectivity index (χ4v) is 1.63. The van der Waals surface area contributed by atoms with Crippen molar-refractivity contribution < 1.29 is 4.74 Å². The molecule has 1 rings (SSSR count). The lowest BCUT2D eigenvalue weighted by Crippen LogP contribution is -2.34. The van der Waals surface area contributed by atoms with Gasteiger partial charge in [0.15, 0.2) is 0 Å². The van der Waals surface area contributed by atoms with Gasteiger partial charge in [-0.05, 0) is 24.0 Å². The van der Waals surface area contributed by atoms with E-state index >= 15 is 0 Å². The van der Waals surface area contributed by atoms with Crippen molar-refractivity contribution in [2.45, 2.75) is 32.9 Å². The van der Waals surface area contributed by atoms with Crippen LogP contribution in [-0.2, 0) is 11.3 Å². The summed E-state index contributed by atoms with van der Waals surface area (Å²) in [6.45, 7) is 6.23. The molecule has 0 aliphatic heterocycles. The largest absolute Gasteiger partial charge is 0.385 e. The highest BCUT2D eigenvalue weighted by Crippen LogP contribution is 2.07. The predicted octanol–water partition coefficient (Wildman–Crippen LogP) is 2.17. The molecule has 1 aromatic heterocycles. The minimum Gasteiger partial charge on any atom is -0.385 e. The number of nitrogens with one attached hydrogen (secondary N) is 2. The molecule has 0 amide bonds. The van der Waals surface area contributed by atoms with E-state index in [1.807, 2.05) is 12.4 Å². The van der Waals surface area contributed by atoms with Crippen LogP contribution >= 0.6 is 0 Å². The highest BCUT2D eigenvalue weighted by Gasteiger charge is 2.12. The summed E-state index contributed by atoms with van der Waals surface area (Å²) in [5, 5.41) is 3.56. The molecule has 2 N–H and O–H groups in total. The van der Waals surface area contributed by atoms with E-state index in [9.17, 15) is 0 Å². The molecule has 0 saturated heterocycles. The van der Waals surface area contributed by atoms with Gasteiger partial charge in [0.05, 0.1) is 0 Å². The van der Waals surface area contributed by atoms with Gasteiger partial charge in [0.25, 0.3) is 0 Å². The van der Waals surface area contributed by atoms with E-state index in [0.717, 1.165) is 19.6 Å². The summed E-state index contributed by atoms with van der Waals surface area (Å²) in [7, 11) is 1.75. The van der Waals surface area contributed by atoms with Gasteiger partial charge in [0.1, 0.15) is 0 Å². The van der Waals surface area contributed by atoms with E-state index in [2.05, 4.69) is 30.2 Å². The number of methoxy groups -OCH3 is 1. The first-order valence-corrected chi connectivity index (χ1v) is 5.58. The molecule has 0 radical (unpaired) electrons. The second kappa shape index (κ2) is 6.64. The van der Waals surface area contributed by atoms with E-state index < -0.39 is 0 Å². The Morgan fingerprint density at radius 3 is 2.80 bits per heavy atom. The fraction of sp³-hybridized carbons (Fsp3) is 0.667. The van der Waals surface area contributed by atoms with Crippen LogP contribution in [0.4, 0.5) is 0 Å². The lowest BCUT2D eigenvalue weighted by atomic mass is 10.0. The molecule has 15 heavy (non-hydrogen) atoms. The zero-order valence-electron chi connectivity index (χ0n) is 9.92. The molecule has 0 aliphatic carbocycles. The van der Waals surface area contributed by atoms with E-state index in [0.29, 0.717) is 12.0 Å². The normalized spacial score (nSPS) is 13.3. The molecule has 0 saturated carbocycles. The van der Waals surface area contributed by atoms with Gasteiger partial charge in [-0.15, -0.1) is 0 Å². The van der Waals surface area contributed by atoms with Crippen LogP contribution in [0.5, 0.6) is 0 Å². The Bertz CT molecular complexity index is 244. The number of hydrogen-bond donors (Lipinski definition) is 2. The van der Waals surface area contributed by atoms with Crippen molar-refractivity contribution in [3.63, 3.8) is 0 Å². The van der Waals surface area contributed by atoms with Crippen molar-refractivity contribution in [2.75, 3.05) is 13.7 Å². The summed E-state index contributed by atoms with van der Waals surface area (Å²) >= 11 is 0. The molecule has 0 spiro atoms. The Morgan fingerprint density at radius 1 is 1.47 bits per heavy atom. The van der Waals surface area contributed by atoms with Crippen LogP contribution in [0.2, 0.25) is 0 Å². The van der Waals surface area contributed by atoms with Crippen LogP contribution in [0.3, 0.4) is 0 Å². The standard InChI is InChI=1S/C12H22N2O/c1-10(2)12(5-7-15-3)14-9-11-4-6-13-8-11/h4,6,8,10,12-14H,5,7,9H2,1-3H3. The van der Waals surface area contributed by atoms with Crippen LogP contribution in [0, 0.1) is 5.92 Å². The van der Waals surface area contributed by atoms with E-state index in [1.54, 1.807) is 7.11 Å². The van der Waals surface area contributed by atoms with Crippen molar-refractivity contribution >= 4 is 0 Å². The average molecular weight is 210 g/mol. The lowest BCUT2D eigenvalue weighted by molar-refractivity contribution is 0.173. The number of H-pyrrole nitrogens is 1. The molecule has 3 nitrogen and oxygen atoms in total. The van der Waals surface area contributed by atoms with Crippen molar-refractivity contribution in [1.82, 2.24) is 10.3 Å². The molecule has 1 unspecified atom stereocenters. The number of aromatic nitrogens is 1. The summed E-state index contributed by atoms with van der Waals surface area (Å²) in [4.78, 5) is 3.06. The minimum atomic E-state index is 0.528. The van der Waals surface area contributed by atoms with Gasteiger partial charge in [-0.3, -0.25) is 0 Å².